The number of anilines is 1. The largest absolute Gasteiger partial charge is 0.480 e. The molecule has 0 spiro atoms. The second kappa shape index (κ2) is 12.7. The number of fused-ring (bicyclic) bond motifs is 1. The Morgan fingerprint density at radius 1 is 1.22 bits per heavy atom. The topological polar surface area (TPSA) is 122 Å². The molecule has 5 rings (SSSR count). The molecule has 41 heavy (non-hydrogen) atoms. The molecule has 0 saturated heterocycles. The zero-order valence-electron chi connectivity index (χ0n) is 24.3. The third kappa shape index (κ3) is 7.40. The quantitative estimate of drug-likeness (QED) is 0.255. The van der Waals surface area contributed by atoms with Gasteiger partial charge >= 0.3 is 5.97 Å². The Morgan fingerprint density at radius 2 is 2.02 bits per heavy atom. The number of aliphatic carboxylic acids is 1. The molecule has 1 aliphatic heterocycles. The second-order valence-electron chi connectivity index (χ2n) is 12.1. The molecule has 0 unspecified atom stereocenters. The molecule has 2 aromatic heterocycles. The average molecular weight is 587 g/mol. The van der Waals surface area contributed by atoms with E-state index in [2.05, 4.69) is 39.7 Å². The number of pyridine rings is 1. The molecule has 0 bridgehead atoms. The number of hydrogen-bond acceptors (Lipinski definition) is 7. The molecule has 224 valence electrons. The number of carboxylic acids is 1. The van der Waals surface area contributed by atoms with Crippen LogP contribution in [0.1, 0.15) is 75.2 Å². The van der Waals surface area contributed by atoms with Crippen molar-refractivity contribution in [2.45, 2.75) is 88.2 Å². The number of halogens is 1. The Labute approximate surface area is 247 Å². The molecule has 3 aliphatic rings. The van der Waals surface area contributed by atoms with Crippen LogP contribution < -0.4 is 10.6 Å². The van der Waals surface area contributed by atoms with Crippen molar-refractivity contribution in [2.24, 2.45) is 7.05 Å². The molecular formula is C30H43ClN6O4. The van der Waals surface area contributed by atoms with E-state index in [0.29, 0.717) is 43.1 Å². The van der Waals surface area contributed by atoms with Crippen LogP contribution in [0, 0.1) is 0 Å². The van der Waals surface area contributed by atoms with Crippen molar-refractivity contribution in [1.29, 1.82) is 0 Å². The molecule has 2 aliphatic carbocycles. The number of nitrogens with zero attached hydrogens (tertiary/aromatic N) is 4. The number of amides is 1. The number of aryl methyl sites for hydroxylation is 3. The Bertz CT molecular complexity index is 1220. The number of carbonyl (C=O) groups excluding carboxylic acids is 1. The van der Waals surface area contributed by atoms with Gasteiger partial charge in [0.05, 0.1) is 34.5 Å². The molecule has 2 fully saturated rings. The predicted octanol–water partition coefficient (Wildman–Crippen LogP) is 3.71. The number of unbranched alkanes of at least 4 members (excludes halogenated alkanes) is 1. The average Bonchev–Trinajstić information content (AvgIpc) is 3.88. The van der Waals surface area contributed by atoms with Crippen LogP contribution in [-0.2, 0) is 39.6 Å². The van der Waals surface area contributed by atoms with Crippen molar-refractivity contribution in [3.05, 3.63) is 40.3 Å². The summed E-state index contributed by atoms with van der Waals surface area (Å²) in [7, 11) is 1.75. The van der Waals surface area contributed by atoms with Crippen molar-refractivity contribution in [3.8, 4) is 0 Å². The van der Waals surface area contributed by atoms with Crippen molar-refractivity contribution >= 4 is 29.3 Å². The van der Waals surface area contributed by atoms with Crippen LogP contribution in [-0.4, -0.2) is 81.1 Å². The summed E-state index contributed by atoms with van der Waals surface area (Å²) >= 11 is 6.33. The van der Waals surface area contributed by atoms with Gasteiger partial charge in [0.2, 0.25) is 5.91 Å². The van der Waals surface area contributed by atoms with Gasteiger partial charge < -0.3 is 25.4 Å². The zero-order valence-corrected chi connectivity index (χ0v) is 25.0. The van der Waals surface area contributed by atoms with Gasteiger partial charge in [-0.05, 0) is 89.3 Å². The Morgan fingerprint density at radius 3 is 2.71 bits per heavy atom. The lowest BCUT2D eigenvalue weighted by Crippen LogP contribution is -2.47. The number of nitrogens with one attached hydrogen (secondary N) is 2. The van der Waals surface area contributed by atoms with Gasteiger partial charge in [0.15, 0.2) is 0 Å². The second-order valence-corrected chi connectivity index (χ2v) is 12.5. The monoisotopic (exact) mass is 586 g/mol. The summed E-state index contributed by atoms with van der Waals surface area (Å²) in [6.07, 6.45) is 10.4. The lowest BCUT2D eigenvalue weighted by Gasteiger charge is -2.26. The van der Waals surface area contributed by atoms with Crippen molar-refractivity contribution in [2.75, 3.05) is 38.1 Å². The standard InChI is InChI=1S/C30H43ClN6O4/c1-29(11-12-29)41-19-18-37(16-4-3-7-22-9-8-21-6-5-15-32-26(21)34-22)17-10-24(27(38)39)35-28(40)30(13-14-30)25-23(31)20-33-36(25)2/h8-9,20,24H,3-7,10-19H2,1-2H3,(H,32,34)(H,35,40)(H,38,39)/t24-/m0/s1. The molecule has 0 radical (unpaired) electrons. The highest BCUT2D eigenvalue weighted by Crippen LogP contribution is 2.50. The highest BCUT2D eigenvalue weighted by molar-refractivity contribution is 6.31. The van der Waals surface area contributed by atoms with E-state index in [-0.39, 0.29) is 11.5 Å². The number of carboxylic acid groups (broad SMARTS) is 1. The summed E-state index contributed by atoms with van der Waals surface area (Å²) in [5.74, 6) is -0.292. The summed E-state index contributed by atoms with van der Waals surface area (Å²) in [5.41, 5.74) is 2.25. The van der Waals surface area contributed by atoms with Gasteiger partial charge in [0, 0.05) is 32.4 Å². The van der Waals surface area contributed by atoms with E-state index in [1.165, 1.54) is 11.8 Å². The maximum atomic E-state index is 13.3. The van der Waals surface area contributed by atoms with E-state index < -0.39 is 17.4 Å². The number of aromatic nitrogens is 3. The smallest absolute Gasteiger partial charge is 0.326 e. The Hall–Kier alpha value is -2.69. The highest BCUT2D eigenvalue weighted by atomic mass is 35.5. The highest BCUT2D eigenvalue weighted by Gasteiger charge is 2.55. The van der Waals surface area contributed by atoms with E-state index in [0.717, 1.165) is 76.1 Å². The van der Waals surface area contributed by atoms with E-state index in [1.807, 2.05) is 0 Å². The summed E-state index contributed by atoms with van der Waals surface area (Å²) in [4.78, 5) is 32.5. The molecule has 2 saturated carbocycles. The van der Waals surface area contributed by atoms with Gasteiger partial charge in [-0.2, -0.15) is 5.10 Å². The molecule has 3 N–H and O–H groups in total. The third-order valence-corrected chi connectivity index (χ3v) is 9.07. The summed E-state index contributed by atoms with van der Waals surface area (Å²) < 4.78 is 7.68. The lowest BCUT2D eigenvalue weighted by atomic mass is 10.00. The van der Waals surface area contributed by atoms with Crippen LogP contribution in [0.15, 0.2) is 18.3 Å². The number of rotatable bonds is 16. The molecular weight excluding hydrogens is 544 g/mol. The van der Waals surface area contributed by atoms with Crippen LogP contribution >= 0.6 is 11.6 Å². The Kier molecular flexibility index (Phi) is 9.21. The van der Waals surface area contributed by atoms with Crippen LogP contribution in [0.5, 0.6) is 0 Å². The first-order valence-corrected chi connectivity index (χ1v) is 15.4. The summed E-state index contributed by atoms with van der Waals surface area (Å²) in [6.45, 7) is 5.84. The maximum absolute atomic E-state index is 13.3. The van der Waals surface area contributed by atoms with Gasteiger partial charge in [0.25, 0.3) is 0 Å². The van der Waals surface area contributed by atoms with E-state index in [9.17, 15) is 14.7 Å². The molecule has 10 nitrogen and oxygen atoms in total. The summed E-state index contributed by atoms with van der Waals surface area (Å²) in [6, 6.07) is 3.35. The molecule has 1 atom stereocenters. The van der Waals surface area contributed by atoms with Crippen molar-refractivity contribution < 1.29 is 19.4 Å². The lowest BCUT2D eigenvalue weighted by molar-refractivity contribution is -0.142. The van der Waals surface area contributed by atoms with Crippen molar-refractivity contribution in [3.63, 3.8) is 0 Å². The van der Waals surface area contributed by atoms with E-state index in [4.69, 9.17) is 21.3 Å². The minimum Gasteiger partial charge on any atom is -0.480 e. The first kappa shape index (κ1) is 29.8. The molecule has 1 amide bonds. The van der Waals surface area contributed by atoms with Crippen molar-refractivity contribution in [1.82, 2.24) is 25.0 Å². The van der Waals surface area contributed by atoms with Gasteiger partial charge in [0.1, 0.15) is 11.9 Å². The third-order valence-electron chi connectivity index (χ3n) is 8.79. The predicted molar refractivity (Wildman–Crippen MR) is 157 cm³/mol. The molecule has 2 aromatic rings. The van der Waals surface area contributed by atoms with Gasteiger partial charge in [-0.15, -0.1) is 0 Å². The molecule has 3 heterocycles. The van der Waals surface area contributed by atoms with Crippen LogP contribution in [0.4, 0.5) is 5.82 Å². The zero-order chi connectivity index (χ0) is 29.0. The first-order valence-electron chi connectivity index (χ1n) is 15.0. The number of ether oxygens (including phenoxy) is 1. The minimum atomic E-state index is -1.03. The van der Waals surface area contributed by atoms with Crippen LogP contribution in [0.25, 0.3) is 0 Å². The fourth-order valence-electron chi connectivity index (χ4n) is 5.74. The fraction of sp³-hybridized carbons (Fsp3) is 0.667. The van der Waals surface area contributed by atoms with Crippen LogP contribution in [0.3, 0.4) is 0 Å². The molecule has 0 aromatic carbocycles. The Balaban J connectivity index is 1.14. The van der Waals surface area contributed by atoms with Gasteiger partial charge in [-0.25, -0.2) is 9.78 Å². The first-order chi connectivity index (χ1) is 19.7. The normalized spacial score (nSPS) is 18.8. The SMILES string of the molecule is Cn1ncc(Cl)c1C1(C(=O)N[C@@H](CCN(CCCCc2ccc3c(n2)NCCC3)CCOC2(C)CC2)C(=O)O)CC1. The van der Waals surface area contributed by atoms with Crippen LogP contribution in [0.2, 0.25) is 5.02 Å². The number of carbonyl (C=O) groups is 2. The fourth-order valence-corrected chi connectivity index (χ4v) is 6.08. The minimum absolute atomic E-state index is 0.00104. The van der Waals surface area contributed by atoms with E-state index >= 15 is 0 Å². The van der Waals surface area contributed by atoms with Gasteiger partial charge in [-0.1, -0.05) is 17.7 Å². The summed E-state index contributed by atoms with van der Waals surface area (Å²) in [5, 5.41) is 20.8. The van der Waals surface area contributed by atoms with Gasteiger partial charge in [-0.3, -0.25) is 9.48 Å². The molecule has 11 heteroatoms. The van der Waals surface area contributed by atoms with E-state index in [1.54, 1.807) is 11.7 Å². The maximum Gasteiger partial charge on any atom is 0.326 e. The number of hydrogen-bond donors (Lipinski definition) is 3.